The number of sulfonamides is 1. The maximum absolute atomic E-state index is 11.6. The van der Waals surface area contributed by atoms with Gasteiger partial charge in [0, 0.05) is 6.54 Å². The minimum absolute atomic E-state index is 0.102. The first kappa shape index (κ1) is 13.7. The first-order chi connectivity index (χ1) is 8.03. The van der Waals surface area contributed by atoms with Gasteiger partial charge in [-0.1, -0.05) is 30.3 Å². The molecular formula is C11H14N2O2S2. The molecule has 1 aromatic rings. The molecule has 17 heavy (non-hydrogen) atoms. The fourth-order valence-electron chi connectivity index (χ4n) is 1.09. The summed E-state index contributed by atoms with van der Waals surface area (Å²) in [5.41, 5.74) is 0.812. The lowest BCUT2D eigenvalue weighted by Gasteiger charge is -2.06. The zero-order chi connectivity index (χ0) is 12.7. The van der Waals surface area contributed by atoms with Gasteiger partial charge in [0.1, 0.15) is 0 Å². The Balaban J connectivity index is 2.67. The molecule has 2 N–H and O–H groups in total. The van der Waals surface area contributed by atoms with Gasteiger partial charge in [-0.25, -0.2) is 8.42 Å². The Hall–Kier alpha value is -1.40. The molecule has 0 aliphatic rings. The largest absolute Gasteiger partial charge is 0.362 e. The standard InChI is InChI=1S/C11H14N2O2S2/c1-2-12-11(16)13-17(14,15)9-8-10-6-4-3-5-7-10/h3-9H,2H2,1H3,(H2,12,13,16)/b9-8+. The lowest BCUT2D eigenvalue weighted by Crippen LogP contribution is -2.37. The highest BCUT2D eigenvalue weighted by atomic mass is 32.2. The lowest BCUT2D eigenvalue weighted by molar-refractivity contribution is 0.601. The van der Waals surface area contributed by atoms with Crippen LogP contribution in [0.2, 0.25) is 0 Å². The minimum Gasteiger partial charge on any atom is -0.362 e. The topological polar surface area (TPSA) is 58.2 Å². The van der Waals surface area contributed by atoms with Crippen molar-refractivity contribution < 1.29 is 8.42 Å². The van der Waals surface area contributed by atoms with Crippen molar-refractivity contribution in [1.82, 2.24) is 10.0 Å². The molecule has 0 saturated heterocycles. The lowest BCUT2D eigenvalue weighted by atomic mass is 10.2. The first-order valence-corrected chi connectivity index (χ1v) is 7.03. The van der Waals surface area contributed by atoms with E-state index in [0.29, 0.717) is 6.54 Å². The van der Waals surface area contributed by atoms with Crippen LogP contribution in [0, 0.1) is 0 Å². The van der Waals surface area contributed by atoms with E-state index in [1.807, 2.05) is 37.3 Å². The summed E-state index contributed by atoms with van der Waals surface area (Å²) in [5.74, 6) is 0. The van der Waals surface area contributed by atoms with E-state index in [1.165, 1.54) is 6.08 Å². The molecule has 6 heteroatoms. The van der Waals surface area contributed by atoms with E-state index in [4.69, 9.17) is 12.2 Å². The van der Waals surface area contributed by atoms with Gasteiger partial charge in [-0.05, 0) is 30.8 Å². The van der Waals surface area contributed by atoms with E-state index in [0.717, 1.165) is 11.0 Å². The van der Waals surface area contributed by atoms with E-state index < -0.39 is 10.0 Å². The molecule has 1 rings (SSSR count). The molecule has 92 valence electrons. The number of thiocarbonyl (C=S) groups is 1. The Bertz CT molecular complexity index is 495. The van der Waals surface area contributed by atoms with Gasteiger partial charge in [0.25, 0.3) is 10.0 Å². The summed E-state index contributed by atoms with van der Waals surface area (Å²) in [6.45, 7) is 2.41. The maximum Gasteiger partial charge on any atom is 0.256 e. The number of hydrogen-bond acceptors (Lipinski definition) is 3. The number of benzene rings is 1. The summed E-state index contributed by atoms with van der Waals surface area (Å²) in [6, 6.07) is 9.17. The van der Waals surface area contributed by atoms with E-state index in [1.54, 1.807) is 0 Å². The van der Waals surface area contributed by atoms with Crippen LogP contribution in [0.5, 0.6) is 0 Å². The molecule has 0 spiro atoms. The summed E-state index contributed by atoms with van der Waals surface area (Å²) >= 11 is 4.80. The van der Waals surface area contributed by atoms with Gasteiger partial charge in [0.05, 0.1) is 5.41 Å². The smallest absolute Gasteiger partial charge is 0.256 e. The molecule has 0 saturated carbocycles. The third kappa shape index (κ3) is 5.46. The van der Waals surface area contributed by atoms with Gasteiger partial charge in [-0.2, -0.15) is 0 Å². The molecule has 1 aromatic carbocycles. The normalized spacial score (nSPS) is 11.4. The molecule has 0 bridgehead atoms. The molecule has 0 fully saturated rings. The zero-order valence-electron chi connectivity index (χ0n) is 9.38. The fourth-order valence-corrected chi connectivity index (χ4v) is 2.32. The average Bonchev–Trinajstić information content (AvgIpc) is 2.27. The van der Waals surface area contributed by atoms with Crippen LogP contribution in [0.25, 0.3) is 6.08 Å². The van der Waals surface area contributed by atoms with Gasteiger partial charge in [-0.15, -0.1) is 0 Å². The summed E-state index contributed by atoms with van der Waals surface area (Å²) in [4.78, 5) is 0. The Kier molecular flexibility index (Phi) is 5.11. The highest BCUT2D eigenvalue weighted by Crippen LogP contribution is 2.02. The summed E-state index contributed by atoms with van der Waals surface area (Å²) in [7, 11) is -3.54. The number of hydrogen-bond donors (Lipinski definition) is 2. The molecule has 0 amide bonds. The van der Waals surface area contributed by atoms with Crippen molar-refractivity contribution in [3.05, 3.63) is 41.3 Å². The van der Waals surface area contributed by atoms with Crippen LogP contribution in [0.3, 0.4) is 0 Å². The SMILES string of the molecule is CCNC(=S)NS(=O)(=O)/C=C/c1ccccc1. The fraction of sp³-hybridized carbons (Fsp3) is 0.182. The Morgan fingerprint density at radius 2 is 2.00 bits per heavy atom. The van der Waals surface area contributed by atoms with Crippen molar-refractivity contribution in [3.63, 3.8) is 0 Å². The van der Waals surface area contributed by atoms with Crippen LogP contribution in [-0.2, 0) is 10.0 Å². The zero-order valence-corrected chi connectivity index (χ0v) is 11.0. The van der Waals surface area contributed by atoms with Crippen molar-refractivity contribution >= 4 is 33.4 Å². The van der Waals surface area contributed by atoms with Crippen LogP contribution in [0.15, 0.2) is 35.7 Å². The molecule has 0 aromatic heterocycles. The second kappa shape index (κ2) is 6.36. The summed E-state index contributed by atoms with van der Waals surface area (Å²) in [5, 5.41) is 3.90. The van der Waals surface area contributed by atoms with Crippen molar-refractivity contribution in [2.75, 3.05) is 6.54 Å². The van der Waals surface area contributed by atoms with E-state index in [2.05, 4.69) is 10.0 Å². The highest BCUT2D eigenvalue weighted by molar-refractivity contribution is 7.94. The van der Waals surface area contributed by atoms with Gasteiger partial charge < -0.3 is 5.32 Å². The third-order valence-corrected chi connectivity index (χ3v) is 3.17. The van der Waals surface area contributed by atoms with E-state index >= 15 is 0 Å². The number of rotatable bonds is 4. The second-order valence-electron chi connectivity index (χ2n) is 3.22. The number of nitrogens with one attached hydrogen (secondary N) is 2. The van der Waals surface area contributed by atoms with Crippen LogP contribution in [0.4, 0.5) is 0 Å². The molecular weight excluding hydrogens is 256 g/mol. The van der Waals surface area contributed by atoms with Gasteiger partial charge in [0.15, 0.2) is 5.11 Å². The monoisotopic (exact) mass is 270 g/mol. The van der Waals surface area contributed by atoms with Crippen molar-refractivity contribution in [2.24, 2.45) is 0 Å². The molecule has 0 heterocycles. The van der Waals surface area contributed by atoms with Gasteiger partial charge >= 0.3 is 0 Å². The molecule has 0 aliphatic heterocycles. The predicted octanol–water partition coefficient (Wildman–Crippen LogP) is 1.47. The molecule has 0 radical (unpaired) electrons. The molecule has 4 nitrogen and oxygen atoms in total. The van der Waals surface area contributed by atoms with Gasteiger partial charge in [-0.3, -0.25) is 4.72 Å². The van der Waals surface area contributed by atoms with Gasteiger partial charge in [0.2, 0.25) is 0 Å². The first-order valence-electron chi connectivity index (χ1n) is 5.07. The third-order valence-electron chi connectivity index (χ3n) is 1.81. The highest BCUT2D eigenvalue weighted by Gasteiger charge is 2.06. The van der Waals surface area contributed by atoms with E-state index in [-0.39, 0.29) is 5.11 Å². The van der Waals surface area contributed by atoms with E-state index in [9.17, 15) is 8.42 Å². The maximum atomic E-state index is 11.6. The molecule has 0 unspecified atom stereocenters. The Labute approximate surface area is 107 Å². The predicted molar refractivity (Wildman–Crippen MR) is 73.8 cm³/mol. The average molecular weight is 270 g/mol. The van der Waals surface area contributed by atoms with Crippen molar-refractivity contribution in [3.8, 4) is 0 Å². The van der Waals surface area contributed by atoms with Crippen LogP contribution in [-0.4, -0.2) is 20.1 Å². The second-order valence-corrected chi connectivity index (χ2v) is 5.19. The Morgan fingerprint density at radius 3 is 2.59 bits per heavy atom. The summed E-state index contributed by atoms with van der Waals surface area (Å²) < 4.78 is 25.4. The van der Waals surface area contributed by atoms with Crippen LogP contribution >= 0.6 is 12.2 Å². The molecule has 0 atom stereocenters. The Morgan fingerprint density at radius 1 is 1.35 bits per heavy atom. The minimum atomic E-state index is -3.54. The van der Waals surface area contributed by atoms with Crippen molar-refractivity contribution in [1.29, 1.82) is 0 Å². The van der Waals surface area contributed by atoms with Crippen LogP contribution < -0.4 is 10.0 Å². The quantitative estimate of drug-likeness (QED) is 0.814. The van der Waals surface area contributed by atoms with Crippen molar-refractivity contribution in [2.45, 2.75) is 6.92 Å². The summed E-state index contributed by atoms with van der Waals surface area (Å²) in [6.07, 6.45) is 1.51. The molecule has 0 aliphatic carbocycles. The van der Waals surface area contributed by atoms with Crippen LogP contribution in [0.1, 0.15) is 12.5 Å².